The first-order valence-corrected chi connectivity index (χ1v) is 12.6. The molecule has 2 fully saturated rings. The van der Waals surface area contributed by atoms with Crippen molar-refractivity contribution < 1.29 is 13.6 Å². The normalized spacial score (nSPS) is 23.1. The Morgan fingerprint density at radius 2 is 1.57 bits per heavy atom. The molecule has 2 aromatic rings. The van der Waals surface area contributed by atoms with E-state index in [0.717, 1.165) is 24.9 Å². The Morgan fingerprint density at radius 3 is 2.04 bits per heavy atom. The fourth-order valence-electron chi connectivity index (χ4n) is 4.80. The Hall–Kier alpha value is -2.04. The van der Waals surface area contributed by atoms with Crippen molar-refractivity contribution in [3.05, 3.63) is 83.8 Å². The first-order valence-electron chi connectivity index (χ1n) is 10.4. The summed E-state index contributed by atoms with van der Waals surface area (Å²) in [6.45, 7) is 1.95. The molecule has 0 amide bonds. The summed E-state index contributed by atoms with van der Waals surface area (Å²) in [5, 5.41) is 0. The van der Waals surface area contributed by atoms with Crippen molar-refractivity contribution in [3.63, 3.8) is 0 Å². The Morgan fingerprint density at radius 1 is 0.964 bits per heavy atom. The lowest BCUT2D eigenvalue weighted by atomic mass is 9.71. The summed E-state index contributed by atoms with van der Waals surface area (Å²) in [7, 11) is -0.590. The first-order chi connectivity index (χ1) is 13.7. The summed E-state index contributed by atoms with van der Waals surface area (Å²) in [5.74, 6) is 0.606. The second kappa shape index (κ2) is 8.14. The van der Waals surface area contributed by atoms with Crippen molar-refractivity contribution in [1.82, 2.24) is 0 Å². The highest BCUT2D eigenvalue weighted by atomic mass is 28.4. The minimum atomic E-state index is -2.26. The average molecular weight is 395 g/mol. The molecule has 2 aromatic carbocycles. The maximum absolute atomic E-state index is 6.99. The standard InChI is InChI=1S/C24H30O3Si/c1-3-23(25-2)27-28(18-11-19-28)26-22-16-10-17-24(22,20-12-6-4-7-13-20)21-14-8-5-9-15-21/h3-9,12-15,22H,10-11,16-19H2,1-2H3/b23-3+. The SMILES string of the molecule is C/C=C(\OC)O[Si]1(OC2CCCC2(c2ccccc2)c2ccccc2)CCC1. The van der Waals surface area contributed by atoms with Crippen LogP contribution < -0.4 is 0 Å². The molecule has 1 saturated heterocycles. The Labute approximate surface area is 169 Å². The van der Waals surface area contributed by atoms with Crippen molar-refractivity contribution in [2.75, 3.05) is 7.11 Å². The third-order valence-corrected chi connectivity index (χ3v) is 9.88. The molecule has 0 N–H and O–H groups in total. The van der Waals surface area contributed by atoms with Crippen LogP contribution in [0.5, 0.6) is 0 Å². The number of benzene rings is 2. The number of allylic oxidation sites excluding steroid dienone is 1. The van der Waals surface area contributed by atoms with Gasteiger partial charge in [0.05, 0.1) is 13.2 Å². The minimum absolute atomic E-state index is 0.107. The predicted octanol–water partition coefficient (Wildman–Crippen LogP) is 5.91. The molecule has 0 spiro atoms. The molecule has 148 valence electrons. The van der Waals surface area contributed by atoms with Gasteiger partial charge in [-0.25, -0.2) is 0 Å². The maximum atomic E-state index is 6.99. The fourth-order valence-corrected chi connectivity index (χ4v) is 7.63. The molecule has 2 aliphatic rings. The van der Waals surface area contributed by atoms with Gasteiger partial charge >= 0.3 is 8.56 Å². The molecule has 0 bridgehead atoms. The van der Waals surface area contributed by atoms with Gasteiger partial charge in [0.1, 0.15) is 0 Å². The van der Waals surface area contributed by atoms with Crippen molar-refractivity contribution in [2.45, 2.75) is 56.2 Å². The number of methoxy groups -OCH3 is 1. The van der Waals surface area contributed by atoms with Gasteiger partial charge in [0.15, 0.2) is 0 Å². The van der Waals surface area contributed by atoms with Gasteiger partial charge in [-0.05, 0) is 49.8 Å². The zero-order valence-corrected chi connectivity index (χ0v) is 17.9. The van der Waals surface area contributed by atoms with Gasteiger partial charge in [0.2, 0.25) is 0 Å². The molecular formula is C24H30O3Si. The number of hydrogen-bond donors (Lipinski definition) is 0. The van der Waals surface area contributed by atoms with Crippen LogP contribution in [-0.4, -0.2) is 21.8 Å². The molecule has 1 saturated carbocycles. The summed E-state index contributed by atoms with van der Waals surface area (Å²) in [6, 6.07) is 23.9. The molecule has 1 heterocycles. The van der Waals surface area contributed by atoms with Crippen LogP contribution in [0.3, 0.4) is 0 Å². The molecule has 4 heteroatoms. The number of rotatable bonds is 7. The summed E-state index contributed by atoms with van der Waals surface area (Å²) < 4.78 is 18.8. The van der Waals surface area contributed by atoms with Gasteiger partial charge in [-0.2, -0.15) is 0 Å². The van der Waals surface area contributed by atoms with E-state index >= 15 is 0 Å². The van der Waals surface area contributed by atoms with Crippen LogP contribution in [-0.2, 0) is 19.0 Å². The third-order valence-electron chi connectivity index (χ3n) is 6.36. The van der Waals surface area contributed by atoms with E-state index < -0.39 is 8.56 Å². The third kappa shape index (κ3) is 3.40. The topological polar surface area (TPSA) is 27.7 Å². The molecule has 1 aliphatic carbocycles. The average Bonchev–Trinajstić information content (AvgIpc) is 3.15. The highest BCUT2D eigenvalue weighted by molar-refractivity contribution is 6.70. The van der Waals surface area contributed by atoms with Crippen molar-refractivity contribution >= 4 is 8.56 Å². The van der Waals surface area contributed by atoms with Gasteiger partial charge < -0.3 is 13.6 Å². The monoisotopic (exact) mass is 394 g/mol. The van der Waals surface area contributed by atoms with E-state index in [0.29, 0.717) is 5.95 Å². The predicted molar refractivity (Wildman–Crippen MR) is 114 cm³/mol. The van der Waals surface area contributed by atoms with Crippen LogP contribution in [0.2, 0.25) is 12.1 Å². The van der Waals surface area contributed by atoms with Crippen LogP contribution in [0, 0.1) is 0 Å². The Balaban J connectivity index is 1.71. The lowest BCUT2D eigenvalue weighted by molar-refractivity contribution is 0.0524. The van der Waals surface area contributed by atoms with E-state index in [9.17, 15) is 0 Å². The Kier molecular flexibility index (Phi) is 5.60. The number of ether oxygens (including phenoxy) is 1. The molecule has 4 rings (SSSR count). The lowest BCUT2D eigenvalue weighted by Crippen LogP contribution is -2.54. The second-order valence-electron chi connectivity index (χ2n) is 7.88. The van der Waals surface area contributed by atoms with E-state index in [1.807, 2.05) is 13.0 Å². The van der Waals surface area contributed by atoms with E-state index in [1.165, 1.54) is 24.0 Å². The highest BCUT2D eigenvalue weighted by Crippen LogP contribution is 2.51. The van der Waals surface area contributed by atoms with Gasteiger partial charge in [-0.3, -0.25) is 0 Å². The molecular weight excluding hydrogens is 364 g/mol. The summed E-state index contributed by atoms with van der Waals surface area (Å²) >= 11 is 0. The smallest absolute Gasteiger partial charge is 0.401 e. The molecule has 28 heavy (non-hydrogen) atoms. The van der Waals surface area contributed by atoms with Gasteiger partial charge in [0, 0.05) is 17.5 Å². The van der Waals surface area contributed by atoms with E-state index in [4.69, 9.17) is 13.6 Å². The van der Waals surface area contributed by atoms with Gasteiger partial charge in [-0.1, -0.05) is 60.7 Å². The molecule has 0 aromatic heterocycles. The van der Waals surface area contributed by atoms with Gasteiger partial charge in [0.25, 0.3) is 5.95 Å². The molecule has 1 unspecified atom stereocenters. The van der Waals surface area contributed by atoms with Crippen LogP contribution in [0.25, 0.3) is 0 Å². The summed E-state index contributed by atoms with van der Waals surface area (Å²) in [5.41, 5.74) is 2.60. The van der Waals surface area contributed by atoms with Gasteiger partial charge in [-0.15, -0.1) is 0 Å². The first kappa shape index (κ1) is 19.3. The summed E-state index contributed by atoms with van der Waals surface area (Å²) in [4.78, 5) is 0. The maximum Gasteiger partial charge on any atom is 0.401 e. The summed E-state index contributed by atoms with van der Waals surface area (Å²) in [6.07, 6.45) is 6.56. The van der Waals surface area contributed by atoms with Crippen molar-refractivity contribution in [1.29, 1.82) is 0 Å². The fraction of sp³-hybridized carbons (Fsp3) is 0.417. The highest BCUT2D eigenvalue weighted by Gasteiger charge is 2.55. The van der Waals surface area contributed by atoms with E-state index in [1.54, 1.807) is 7.11 Å². The van der Waals surface area contributed by atoms with E-state index in [-0.39, 0.29) is 11.5 Å². The minimum Gasteiger partial charge on any atom is -0.494 e. The molecule has 3 nitrogen and oxygen atoms in total. The van der Waals surface area contributed by atoms with Crippen LogP contribution >= 0.6 is 0 Å². The van der Waals surface area contributed by atoms with Crippen molar-refractivity contribution in [2.24, 2.45) is 0 Å². The molecule has 0 radical (unpaired) electrons. The van der Waals surface area contributed by atoms with E-state index in [2.05, 4.69) is 60.7 Å². The number of hydrogen-bond acceptors (Lipinski definition) is 3. The quantitative estimate of drug-likeness (QED) is 0.431. The Bertz CT molecular complexity index is 760. The molecule has 1 atom stereocenters. The second-order valence-corrected chi connectivity index (χ2v) is 11.1. The molecule has 1 aliphatic heterocycles. The largest absolute Gasteiger partial charge is 0.494 e. The van der Waals surface area contributed by atoms with Crippen LogP contribution in [0.4, 0.5) is 0 Å². The lowest BCUT2D eigenvalue weighted by Gasteiger charge is -2.45. The zero-order valence-electron chi connectivity index (χ0n) is 16.9. The van der Waals surface area contributed by atoms with Crippen LogP contribution in [0.1, 0.15) is 43.7 Å². The van der Waals surface area contributed by atoms with Crippen LogP contribution in [0.15, 0.2) is 72.7 Å². The zero-order chi connectivity index (χ0) is 19.5. The van der Waals surface area contributed by atoms with Crippen molar-refractivity contribution in [3.8, 4) is 0 Å².